The third-order valence-corrected chi connectivity index (χ3v) is 7.65. The lowest BCUT2D eigenvalue weighted by molar-refractivity contribution is -0.145. The summed E-state index contributed by atoms with van der Waals surface area (Å²) in [4.78, 5) is 11.9. The van der Waals surface area contributed by atoms with Crippen molar-refractivity contribution in [2.75, 3.05) is 6.61 Å². The molecular weight excluding hydrogens is 408 g/mol. The maximum absolute atomic E-state index is 13.1. The number of aryl methyl sites for hydroxylation is 1. The molecule has 25 heavy (non-hydrogen) atoms. The van der Waals surface area contributed by atoms with Gasteiger partial charge in [0.15, 0.2) is 9.84 Å². The van der Waals surface area contributed by atoms with Crippen molar-refractivity contribution in [3.8, 4) is 0 Å². The first-order valence-corrected chi connectivity index (χ1v) is 9.99. The molecule has 0 aromatic heterocycles. The van der Waals surface area contributed by atoms with Gasteiger partial charge in [-0.15, -0.1) is 0 Å². The minimum atomic E-state index is -3.91. The second kappa shape index (κ2) is 6.23. The fourth-order valence-corrected chi connectivity index (χ4v) is 6.02. The molecule has 1 aliphatic carbocycles. The molecule has 0 amide bonds. The Morgan fingerprint density at radius 3 is 2.16 bits per heavy atom. The normalized spacial score (nSPS) is 25.6. The van der Waals surface area contributed by atoms with Crippen LogP contribution in [0.2, 0.25) is 0 Å². The molecule has 0 radical (unpaired) electrons. The lowest BCUT2D eigenvalue weighted by Crippen LogP contribution is -2.27. The molecule has 0 unspecified atom stereocenters. The van der Waals surface area contributed by atoms with Crippen molar-refractivity contribution in [3.63, 3.8) is 0 Å². The molecule has 0 aliphatic heterocycles. The van der Waals surface area contributed by atoms with Gasteiger partial charge in [0.05, 0.1) is 16.8 Å². The second-order valence-electron chi connectivity index (χ2n) is 6.31. The number of aliphatic hydroxyl groups excluding tert-OH is 1. The van der Waals surface area contributed by atoms with Crippen LogP contribution >= 0.6 is 15.9 Å². The molecule has 1 fully saturated rings. The second-order valence-corrected chi connectivity index (χ2v) is 9.30. The van der Waals surface area contributed by atoms with Gasteiger partial charge in [-0.2, -0.15) is 0 Å². The first-order chi connectivity index (χ1) is 11.7. The Balaban J connectivity index is 2.10. The monoisotopic (exact) mass is 424 g/mol. The minimum absolute atomic E-state index is 0.0711. The number of hydrogen-bond donors (Lipinski definition) is 2. The van der Waals surface area contributed by atoms with Crippen LogP contribution in [0.4, 0.5) is 0 Å². The minimum Gasteiger partial charge on any atom is -0.481 e. The van der Waals surface area contributed by atoms with Gasteiger partial charge in [0, 0.05) is 10.4 Å². The summed E-state index contributed by atoms with van der Waals surface area (Å²) in [6, 6.07) is 13.1. The van der Waals surface area contributed by atoms with E-state index in [1.165, 1.54) is 12.1 Å². The van der Waals surface area contributed by atoms with Gasteiger partial charge in [-0.3, -0.25) is 4.79 Å². The first kappa shape index (κ1) is 18.1. The van der Waals surface area contributed by atoms with Gasteiger partial charge in [0.1, 0.15) is 5.41 Å². The Bertz CT molecular complexity index is 905. The Morgan fingerprint density at radius 1 is 1.12 bits per heavy atom. The fourth-order valence-electron chi connectivity index (χ4n) is 3.39. The molecule has 5 nitrogen and oxygen atoms in total. The van der Waals surface area contributed by atoms with Crippen LogP contribution in [0.15, 0.2) is 57.9 Å². The maximum atomic E-state index is 13.1. The molecule has 0 saturated heterocycles. The molecule has 3 atom stereocenters. The number of carbonyl (C=O) groups is 1. The Hall–Kier alpha value is -1.70. The molecule has 7 heteroatoms. The Kier molecular flexibility index (Phi) is 4.51. The van der Waals surface area contributed by atoms with Crippen molar-refractivity contribution in [2.24, 2.45) is 5.41 Å². The molecule has 0 heterocycles. The van der Waals surface area contributed by atoms with Crippen molar-refractivity contribution in [1.82, 2.24) is 0 Å². The molecule has 1 aliphatic rings. The van der Waals surface area contributed by atoms with E-state index in [4.69, 9.17) is 0 Å². The largest absolute Gasteiger partial charge is 0.481 e. The van der Waals surface area contributed by atoms with E-state index in [0.717, 1.165) is 10.0 Å². The predicted octanol–water partition coefficient (Wildman–Crippen LogP) is 2.76. The van der Waals surface area contributed by atoms with Crippen LogP contribution < -0.4 is 0 Å². The number of carboxylic acid groups (broad SMARTS) is 1. The maximum Gasteiger partial charge on any atom is 0.314 e. The van der Waals surface area contributed by atoms with Gasteiger partial charge in [-0.1, -0.05) is 45.8 Å². The van der Waals surface area contributed by atoms with Gasteiger partial charge in [0.25, 0.3) is 0 Å². The van der Waals surface area contributed by atoms with Crippen LogP contribution in [0.3, 0.4) is 0 Å². The van der Waals surface area contributed by atoms with Crippen LogP contribution in [0, 0.1) is 12.3 Å². The van der Waals surface area contributed by atoms with E-state index in [9.17, 15) is 23.4 Å². The summed E-state index contributed by atoms with van der Waals surface area (Å²) in [5, 5.41) is 18.3. The highest BCUT2D eigenvalue weighted by Crippen LogP contribution is 2.64. The van der Waals surface area contributed by atoms with Gasteiger partial charge in [-0.25, -0.2) is 8.42 Å². The van der Waals surface area contributed by atoms with Crippen molar-refractivity contribution in [1.29, 1.82) is 0 Å². The van der Waals surface area contributed by atoms with Crippen molar-refractivity contribution >= 4 is 31.7 Å². The Labute approximate surface area is 154 Å². The van der Waals surface area contributed by atoms with E-state index in [1.807, 2.05) is 6.92 Å². The number of aliphatic hydroxyl groups is 1. The number of aliphatic carboxylic acids is 1. The highest BCUT2D eigenvalue weighted by atomic mass is 79.9. The molecular formula is C18H17BrO5S. The summed E-state index contributed by atoms with van der Waals surface area (Å²) in [5.74, 6) is -2.10. The zero-order valence-electron chi connectivity index (χ0n) is 13.4. The predicted molar refractivity (Wildman–Crippen MR) is 96.2 cm³/mol. The number of hydrogen-bond acceptors (Lipinski definition) is 4. The number of sulfone groups is 1. The van der Waals surface area contributed by atoms with Crippen LogP contribution in [-0.4, -0.2) is 36.5 Å². The first-order valence-electron chi connectivity index (χ1n) is 7.65. The molecule has 3 rings (SSSR count). The average Bonchev–Trinajstić information content (AvgIpc) is 3.27. The summed E-state index contributed by atoms with van der Waals surface area (Å²) in [5.41, 5.74) is -0.233. The molecule has 1 saturated carbocycles. The van der Waals surface area contributed by atoms with Gasteiger partial charge in [-0.05, 0) is 36.8 Å². The molecule has 2 aromatic rings. The van der Waals surface area contributed by atoms with Gasteiger partial charge < -0.3 is 10.2 Å². The van der Waals surface area contributed by atoms with E-state index >= 15 is 0 Å². The van der Waals surface area contributed by atoms with Crippen LogP contribution in [0.25, 0.3) is 0 Å². The fraction of sp³-hybridized carbons (Fsp3) is 0.278. The smallest absolute Gasteiger partial charge is 0.314 e. The highest BCUT2D eigenvalue weighted by molar-refractivity contribution is 9.10. The summed E-state index contributed by atoms with van der Waals surface area (Å²) < 4.78 is 26.9. The molecule has 2 aromatic carbocycles. The number of halogens is 1. The Morgan fingerprint density at radius 2 is 1.68 bits per heavy atom. The van der Waals surface area contributed by atoms with Crippen LogP contribution in [-0.2, 0) is 14.6 Å². The quantitative estimate of drug-likeness (QED) is 0.769. The van der Waals surface area contributed by atoms with Crippen molar-refractivity contribution in [3.05, 3.63) is 64.1 Å². The third kappa shape index (κ3) is 2.80. The van der Waals surface area contributed by atoms with E-state index in [0.29, 0.717) is 5.56 Å². The van der Waals surface area contributed by atoms with Crippen molar-refractivity contribution < 1.29 is 23.4 Å². The standard InChI is InChI=1S/C18H17BrO5S/c1-11-2-8-14(9-3-11)25(23,24)16-15(18(16,10-20)17(21)22)12-4-6-13(19)7-5-12/h2-9,15-16,20H,10H2,1H3,(H,21,22)/t15-,16-,18-/m1/s1. The van der Waals surface area contributed by atoms with E-state index in [1.54, 1.807) is 36.4 Å². The molecule has 0 bridgehead atoms. The lowest BCUT2D eigenvalue weighted by Gasteiger charge is -2.09. The topological polar surface area (TPSA) is 91.7 Å². The van der Waals surface area contributed by atoms with E-state index in [2.05, 4.69) is 15.9 Å². The van der Waals surface area contributed by atoms with Crippen LogP contribution in [0.1, 0.15) is 17.0 Å². The summed E-state index contributed by atoms with van der Waals surface area (Å²) in [6.07, 6.45) is 0. The molecule has 132 valence electrons. The summed E-state index contributed by atoms with van der Waals surface area (Å²) in [7, 11) is -3.91. The number of benzene rings is 2. The number of rotatable bonds is 5. The zero-order valence-corrected chi connectivity index (χ0v) is 15.8. The van der Waals surface area contributed by atoms with E-state index in [-0.39, 0.29) is 4.90 Å². The molecule has 0 spiro atoms. The summed E-state index contributed by atoms with van der Waals surface area (Å²) in [6.45, 7) is 1.10. The van der Waals surface area contributed by atoms with E-state index < -0.39 is 39.0 Å². The third-order valence-electron chi connectivity index (χ3n) is 4.83. The average molecular weight is 425 g/mol. The SMILES string of the molecule is Cc1ccc(S(=O)(=O)[C@@H]2[C@@H](c3ccc(Br)cc3)[C@@]2(CO)C(=O)O)cc1. The lowest BCUT2D eigenvalue weighted by atomic mass is 10.0. The van der Waals surface area contributed by atoms with Gasteiger partial charge in [0.2, 0.25) is 0 Å². The van der Waals surface area contributed by atoms with Crippen molar-refractivity contribution in [2.45, 2.75) is 23.0 Å². The zero-order chi connectivity index (χ0) is 18.4. The van der Waals surface area contributed by atoms with Crippen LogP contribution in [0.5, 0.6) is 0 Å². The molecule has 2 N–H and O–H groups in total. The number of carboxylic acids is 1. The van der Waals surface area contributed by atoms with Gasteiger partial charge >= 0.3 is 5.97 Å². The highest BCUT2D eigenvalue weighted by Gasteiger charge is 2.75. The summed E-state index contributed by atoms with van der Waals surface area (Å²) >= 11 is 3.30.